The molecule has 0 atom stereocenters. The lowest BCUT2D eigenvalue weighted by molar-refractivity contribution is 0.0952. The number of nitrogens with zero attached hydrogens (tertiary/aromatic N) is 2. The standard InChI is InChI=1S/C20H15ClFN3O/c21-16-10-13(7-8-17(16)22)11-23-20(26)15-6-3-9-25-12-18(24-19(15)25)14-4-1-2-5-14/h1,3-10,12H,2,11H2,(H,23,26). The van der Waals surface area contributed by atoms with Crippen LogP contribution in [0.2, 0.25) is 5.02 Å². The summed E-state index contributed by atoms with van der Waals surface area (Å²) in [4.78, 5) is 17.2. The Labute approximate surface area is 154 Å². The highest BCUT2D eigenvalue weighted by molar-refractivity contribution is 6.30. The second-order valence-electron chi connectivity index (χ2n) is 6.01. The predicted octanol–water partition coefficient (Wildman–Crippen LogP) is 4.40. The Morgan fingerprint density at radius 3 is 3.00 bits per heavy atom. The van der Waals surface area contributed by atoms with E-state index in [4.69, 9.17) is 11.6 Å². The number of carbonyl (C=O) groups is 1. The molecular weight excluding hydrogens is 353 g/mol. The van der Waals surface area contributed by atoms with E-state index in [1.54, 1.807) is 18.2 Å². The molecular formula is C20H15ClFN3O. The highest BCUT2D eigenvalue weighted by Gasteiger charge is 2.15. The fraction of sp³-hybridized carbons (Fsp3) is 0.100. The third kappa shape index (κ3) is 3.13. The van der Waals surface area contributed by atoms with E-state index in [-0.39, 0.29) is 17.5 Å². The molecule has 4 nitrogen and oxygen atoms in total. The number of rotatable bonds is 4. The lowest BCUT2D eigenvalue weighted by Gasteiger charge is -2.07. The molecule has 0 spiro atoms. The van der Waals surface area contributed by atoms with Crippen LogP contribution in [0.15, 0.2) is 61.0 Å². The minimum atomic E-state index is -0.480. The van der Waals surface area contributed by atoms with Gasteiger partial charge in [0.25, 0.3) is 5.91 Å². The number of imidazole rings is 1. The second kappa shape index (κ2) is 6.77. The van der Waals surface area contributed by atoms with Gasteiger partial charge < -0.3 is 9.72 Å². The van der Waals surface area contributed by atoms with E-state index in [2.05, 4.69) is 22.5 Å². The van der Waals surface area contributed by atoms with Crippen molar-refractivity contribution >= 4 is 28.7 Å². The van der Waals surface area contributed by atoms with Crippen LogP contribution in [0.25, 0.3) is 11.2 Å². The Morgan fingerprint density at radius 1 is 1.35 bits per heavy atom. The van der Waals surface area contributed by atoms with Gasteiger partial charge in [0.05, 0.1) is 16.3 Å². The van der Waals surface area contributed by atoms with Gasteiger partial charge in [-0.1, -0.05) is 35.9 Å². The number of aromatic nitrogens is 2. The summed E-state index contributed by atoms with van der Waals surface area (Å²) >= 11 is 5.78. The molecule has 2 heterocycles. The molecule has 0 radical (unpaired) electrons. The van der Waals surface area contributed by atoms with Crippen LogP contribution in [0.3, 0.4) is 0 Å². The van der Waals surface area contributed by atoms with E-state index in [9.17, 15) is 9.18 Å². The number of benzene rings is 1. The van der Waals surface area contributed by atoms with E-state index in [1.807, 2.05) is 22.9 Å². The van der Waals surface area contributed by atoms with Crippen molar-refractivity contribution in [2.75, 3.05) is 0 Å². The quantitative estimate of drug-likeness (QED) is 0.743. The number of halogens is 2. The molecule has 1 aliphatic rings. The summed E-state index contributed by atoms with van der Waals surface area (Å²) in [6.45, 7) is 0.251. The summed E-state index contributed by atoms with van der Waals surface area (Å²) in [5.41, 5.74) is 3.69. The average molecular weight is 368 g/mol. The van der Waals surface area contributed by atoms with Gasteiger partial charge in [-0.3, -0.25) is 4.79 Å². The van der Waals surface area contributed by atoms with Crippen molar-refractivity contribution in [2.45, 2.75) is 13.0 Å². The van der Waals surface area contributed by atoms with Crippen LogP contribution in [-0.4, -0.2) is 15.3 Å². The predicted molar refractivity (Wildman–Crippen MR) is 99.5 cm³/mol. The van der Waals surface area contributed by atoms with Gasteiger partial charge in [0.15, 0.2) is 0 Å². The molecule has 0 saturated carbocycles. The van der Waals surface area contributed by atoms with Gasteiger partial charge in [-0.2, -0.15) is 0 Å². The first-order chi connectivity index (χ1) is 12.6. The van der Waals surface area contributed by atoms with Crippen molar-refractivity contribution in [1.29, 1.82) is 0 Å². The molecule has 26 heavy (non-hydrogen) atoms. The Morgan fingerprint density at radius 2 is 2.23 bits per heavy atom. The molecule has 0 unspecified atom stereocenters. The highest BCUT2D eigenvalue weighted by atomic mass is 35.5. The number of hydrogen-bond acceptors (Lipinski definition) is 2. The fourth-order valence-electron chi connectivity index (χ4n) is 2.90. The summed E-state index contributed by atoms with van der Waals surface area (Å²) in [6, 6.07) is 7.92. The smallest absolute Gasteiger partial charge is 0.255 e. The van der Waals surface area contributed by atoms with Crippen molar-refractivity contribution < 1.29 is 9.18 Å². The molecule has 1 N–H and O–H groups in total. The van der Waals surface area contributed by atoms with E-state index >= 15 is 0 Å². The van der Waals surface area contributed by atoms with Crippen molar-refractivity contribution in [1.82, 2.24) is 14.7 Å². The number of allylic oxidation sites excluding steroid dienone is 4. The number of nitrogens with one attached hydrogen (secondary N) is 1. The Kier molecular flexibility index (Phi) is 4.31. The molecule has 4 rings (SSSR count). The maximum absolute atomic E-state index is 13.2. The maximum Gasteiger partial charge on any atom is 0.255 e. The van der Waals surface area contributed by atoms with Crippen molar-refractivity contribution in [3.63, 3.8) is 0 Å². The maximum atomic E-state index is 13.2. The van der Waals surface area contributed by atoms with Gasteiger partial charge >= 0.3 is 0 Å². The molecule has 0 aliphatic heterocycles. The molecule has 130 valence electrons. The van der Waals surface area contributed by atoms with Gasteiger partial charge in [-0.05, 0) is 41.8 Å². The molecule has 6 heteroatoms. The van der Waals surface area contributed by atoms with Gasteiger partial charge in [0.1, 0.15) is 11.5 Å². The van der Waals surface area contributed by atoms with E-state index in [0.29, 0.717) is 11.2 Å². The highest BCUT2D eigenvalue weighted by Crippen LogP contribution is 2.22. The SMILES string of the molecule is O=C(NCc1ccc(F)c(Cl)c1)c1cccn2cc(C3=CCC=C3)nc12. The molecule has 0 saturated heterocycles. The lowest BCUT2D eigenvalue weighted by atomic mass is 10.2. The minimum absolute atomic E-state index is 0.0367. The normalized spacial score (nSPS) is 13.2. The largest absolute Gasteiger partial charge is 0.348 e. The molecule has 1 amide bonds. The third-order valence-corrected chi connectivity index (χ3v) is 4.52. The zero-order valence-corrected chi connectivity index (χ0v) is 14.5. The van der Waals surface area contributed by atoms with Crippen molar-refractivity contribution in [2.24, 2.45) is 0 Å². The number of carbonyl (C=O) groups excluding carboxylic acids is 1. The van der Waals surface area contributed by atoms with Crippen LogP contribution in [0.1, 0.15) is 28.0 Å². The summed E-state index contributed by atoms with van der Waals surface area (Å²) < 4.78 is 15.1. The van der Waals surface area contributed by atoms with Gasteiger partial charge in [-0.15, -0.1) is 0 Å². The van der Waals surface area contributed by atoms with Crippen molar-refractivity contribution in [3.8, 4) is 0 Å². The third-order valence-electron chi connectivity index (χ3n) is 4.23. The molecule has 0 fully saturated rings. The Balaban J connectivity index is 1.58. The summed E-state index contributed by atoms with van der Waals surface area (Å²) in [7, 11) is 0. The number of hydrogen-bond donors (Lipinski definition) is 1. The first kappa shape index (κ1) is 16.5. The zero-order valence-electron chi connectivity index (χ0n) is 13.7. The van der Waals surface area contributed by atoms with E-state index in [1.165, 1.54) is 12.1 Å². The van der Waals surface area contributed by atoms with Gasteiger partial charge in [-0.25, -0.2) is 9.37 Å². The topological polar surface area (TPSA) is 46.4 Å². The van der Waals surface area contributed by atoms with Crippen LogP contribution in [0, 0.1) is 5.82 Å². The fourth-order valence-corrected chi connectivity index (χ4v) is 3.11. The first-order valence-electron chi connectivity index (χ1n) is 8.19. The number of pyridine rings is 1. The van der Waals surface area contributed by atoms with Gasteiger partial charge in [0, 0.05) is 18.9 Å². The van der Waals surface area contributed by atoms with E-state index < -0.39 is 5.82 Å². The Bertz CT molecular complexity index is 1070. The minimum Gasteiger partial charge on any atom is -0.348 e. The summed E-state index contributed by atoms with van der Waals surface area (Å²) in [5.74, 6) is -0.726. The average Bonchev–Trinajstić information content (AvgIpc) is 3.31. The second-order valence-corrected chi connectivity index (χ2v) is 6.41. The van der Waals surface area contributed by atoms with E-state index in [0.717, 1.165) is 23.3 Å². The van der Waals surface area contributed by atoms with Crippen LogP contribution in [0.5, 0.6) is 0 Å². The van der Waals surface area contributed by atoms with Crippen LogP contribution < -0.4 is 5.32 Å². The van der Waals surface area contributed by atoms with Crippen LogP contribution >= 0.6 is 11.6 Å². The lowest BCUT2D eigenvalue weighted by Crippen LogP contribution is -2.23. The summed E-state index contributed by atoms with van der Waals surface area (Å²) in [6.07, 6.45) is 10.9. The van der Waals surface area contributed by atoms with Crippen LogP contribution in [-0.2, 0) is 6.54 Å². The van der Waals surface area contributed by atoms with Crippen LogP contribution in [0.4, 0.5) is 4.39 Å². The molecule has 1 aromatic carbocycles. The molecule has 1 aliphatic carbocycles. The Hall–Kier alpha value is -2.92. The van der Waals surface area contributed by atoms with Crippen molar-refractivity contribution in [3.05, 3.63) is 88.6 Å². The summed E-state index contributed by atoms with van der Waals surface area (Å²) in [5, 5.41) is 2.87. The number of amides is 1. The molecule has 3 aromatic rings. The molecule has 0 bridgehead atoms. The molecule has 2 aromatic heterocycles. The monoisotopic (exact) mass is 367 g/mol. The van der Waals surface area contributed by atoms with Gasteiger partial charge in [0.2, 0.25) is 0 Å². The zero-order chi connectivity index (χ0) is 18.1. The number of fused-ring (bicyclic) bond motifs is 1. The first-order valence-corrected chi connectivity index (χ1v) is 8.56.